The molecule has 0 aliphatic carbocycles. The van der Waals surface area contributed by atoms with Crippen LogP contribution in [0.5, 0.6) is 0 Å². The van der Waals surface area contributed by atoms with Crippen LogP contribution in [0.2, 0.25) is 0 Å². The van der Waals surface area contributed by atoms with Gasteiger partial charge in [-0.1, -0.05) is 0 Å². The highest BCUT2D eigenvalue weighted by molar-refractivity contribution is 5.92. The second-order valence-electron chi connectivity index (χ2n) is 5.28. The number of hydrogen-bond acceptors (Lipinski definition) is 6. The number of hydrogen-bond donors (Lipinski definition) is 1. The Morgan fingerprint density at radius 2 is 2.00 bits per heavy atom. The van der Waals surface area contributed by atoms with Crippen LogP contribution < -0.4 is 5.32 Å². The Kier molecular flexibility index (Phi) is 5.33. The number of nitrogens with zero attached hydrogens (tertiary/aromatic N) is 2. The average Bonchev–Trinajstić information content (AvgIpc) is 3.10. The molecule has 0 aliphatic heterocycles. The zero-order valence-corrected chi connectivity index (χ0v) is 13.5. The van der Waals surface area contributed by atoms with Crippen LogP contribution in [0.1, 0.15) is 5.69 Å². The molecule has 132 valence electrons. The number of aromatic nitrogens is 2. The summed E-state index contributed by atoms with van der Waals surface area (Å²) in [5, 5.41) is 2.55. The molecule has 1 N–H and O–H groups in total. The number of rotatable bonds is 6. The van der Waals surface area contributed by atoms with E-state index < -0.39 is 18.5 Å². The van der Waals surface area contributed by atoms with Gasteiger partial charge in [0, 0.05) is 11.8 Å². The second-order valence-corrected chi connectivity index (χ2v) is 5.28. The smallest absolute Gasteiger partial charge is 0.312 e. The van der Waals surface area contributed by atoms with Crippen LogP contribution in [0, 0.1) is 5.82 Å². The Balaban J connectivity index is 1.49. The fraction of sp³-hybridized carbons (Fsp3) is 0.111. The van der Waals surface area contributed by atoms with Crippen molar-refractivity contribution in [2.24, 2.45) is 0 Å². The lowest BCUT2D eigenvalue weighted by Gasteiger charge is -2.05. The van der Waals surface area contributed by atoms with Crippen molar-refractivity contribution in [3.8, 4) is 11.5 Å². The normalized spacial score (nSPS) is 10.3. The molecule has 0 unspecified atom stereocenters. The molecule has 0 atom stereocenters. The first-order chi connectivity index (χ1) is 12.6. The van der Waals surface area contributed by atoms with Crippen LogP contribution in [-0.4, -0.2) is 28.5 Å². The Morgan fingerprint density at radius 1 is 1.19 bits per heavy atom. The maximum atomic E-state index is 12.9. The SMILES string of the molecule is O=C(COC(=O)Cc1coc(-c2ccc(F)cc2)n1)Nc1cccnc1. The molecule has 0 spiro atoms. The van der Waals surface area contributed by atoms with Crippen LogP contribution in [0.3, 0.4) is 0 Å². The summed E-state index contributed by atoms with van der Waals surface area (Å²) in [7, 11) is 0. The second kappa shape index (κ2) is 8.02. The van der Waals surface area contributed by atoms with E-state index in [-0.39, 0.29) is 18.1 Å². The first-order valence-electron chi connectivity index (χ1n) is 7.66. The molecular weight excluding hydrogens is 341 g/mol. The van der Waals surface area contributed by atoms with Crippen molar-refractivity contribution in [2.75, 3.05) is 11.9 Å². The van der Waals surface area contributed by atoms with Crippen molar-refractivity contribution in [2.45, 2.75) is 6.42 Å². The van der Waals surface area contributed by atoms with Gasteiger partial charge in [-0.05, 0) is 36.4 Å². The van der Waals surface area contributed by atoms with Crippen molar-refractivity contribution in [3.05, 3.63) is 66.6 Å². The highest BCUT2D eigenvalue weighted by Gasteiger charge is 2.13. The minimum atomic E-state index is -0.620. The van der Waals surface area contributed by atoms with Gasteiger partial charge in [-0.15, -0.1) is 0 Å². The van der Waals surface area contributed by atoms with E-state index in [2.05, 4.69) is 15.3 Å². The molecule has 1 aromatic carbocycles. The van der Waals surface area contributed by atoms with Crippen LogP contribution in [0.25, 0.3) is 11.5 Å². The average molecular weight is 355 g/mol. The van der Waals surface area contributed by atoms with Gasteiger partial charge in [0.25, 0.3) is 5.91 Å². The van der Waals surface area contributed by atoms with E-state index in [1.54, 1.807) is 18.3 Å². The Labute approximate surface area is 147 Å². The van der Waals surface area contributed by atoms with Gasteiger partial charge in [-0.2, -0.15) is 0 Å². The van der Waals surface area contributed by atoms with Crippen molar-refractivity contribution in [3.63, 3.8) is 0 Å². The van der Waals surface area contributed by atoms with Crippen molar-refractivity contribution in [1.82, 2.24) is 9.97 Å². The highest BCUT2D eigenvalue weighted by atomic mass is 19.1. The summed E-state index contributed by atoms with van der Waals surface area (Å²) in [5.74, 6) is -1.19. The van der Waals surface area contributed by atoms with E-state index in [1.807, 2.05) is 0 Å². The lowest BCUT2D eigenvalue weighted by molar-refractivity contribution is -0.146. The lowest BCUT2D eigenvalue weighted by atomic mass is 10.2. The number of halogens is 1. The summed E-state index contributed by atoms with van der Waals surface area (Å²) in [6.45, 7) is -0.420. The van der Waals surface area contributed by atoms with Gasteiger partial charge in [0.2, 0.25) is 5.89 Å². The molecule has 0 saturated carbocycles. The van der Waals surface area contributed by atoms with Gasteiger partial charge >= 0.3 is 5.97 Å². The molecule has 3 aromatic rings. The Bertz CT molecular complexity index is 894. The molecule has 0 fully saturated rings. The molecule has 2 aromatic heterocycles. The van der Waals surface area contributed by atoms with Gasteiger partial charge in [-0.3, -0.25) is 14.6 Å². The van der Waals surface area contributed by atoms with E-state index >= 15 is 0 Å². The van der Waals surface area contributed by atoms with Crippen LogP contribution in [0.4, 0.5) is 10.1 Å². The minimum absolute atomic E-state index is 0.148. The fourth-order valence-electron chi connectivity index (χ4n) is 2.09. The van der Waals surface area contributed by atoms with E-state index in [0.717, 1.165) is 0 Å². The lowest BCUT2D eigenvalue weighted by Crippen LogP contribution is -2.21. The van der Waals surface area contributed by atoms with Gasteiger partial charge in [-0.25, -0.2) is 9.37 Å². The molecule has 0 aliphatic rings. The van der Waals surface area contributed by atoms with Crippen molar-refractivity contribution in [1.29, 1.82) is 0 Å². The largest absolute Gasteiger partial charge is 0.455 e. The van der Waals surface area contributed by atoms with Crippen LogP contribution in [0.15, 0.2) is 59.5 Å². The molecule has 0 radical (unpaired) electrons. The number of nitrogens with one attached hydrogen (secondary N) is 1. The van der Waals surface area contributed by atoms with Crippen molar-refractivity contribution >= 4 is 17.6 Å². The van der Waals surface area contributed by atoms with E-state index in [9.17, 15) is 14.0 Å². The maximum Gasteiger partial charge on any atom is 0.312 e. The summed E-state index contributed by atoms with van der Waals surface area (Å²) in [6.07, 6.45) is 4.22. The quantitative estimate of drug-likeness (QED) is 0.683. The summed E-state index contributed by atoms with van der Waals surface area (Å²) >= 11 is 0. The molecule has 0 saturated heterocycles. The standard InChI is InChI=1S/C18H14FN3O4/c19-13-5-3-12(4-6-13)18-22-15(10-26-18)8-17(24)25-11-16(23)21-14-2-1-7-20-9-14/h1-7,9-10H,8,11H2,(H,21,23). The molecule has 1 amide bonds. The van der Waals surface area contributed by atoms with Crippen LogP contribution >= 0.6 is 0 Å². The predicted octanol–water partition coefficient (Wildman–Crippen LogP) is 2.60. The number of anilines is 1. The molecule has 3 rings (SSSR count). The number of oxazole rings is 1. The maximum absolute atomic E-state index is 12.9. The zero-order valence-electron chi connectivity index (χ0n) is 13.5. The third-order valence-electron chi connectivity index (χ3n) is 3.28. The zero-order chi connectivity index (χ0) is 18.4. The van der Waals surface area contributed by atoms with E-state index in [0.29, 0.717) is 16.9 Å². The third kappa shape index (κ3) is 4.73. The highest BCUT2D eigenvalue weighted by Crippen LogP contribution is 2.19. The topological polar surface area (TPSA) is 94.3 Å². The first-order valence-corrected chi connectivity index (χ1v) is 7.66. The van der Waals surface area contributed by atoms with E-state index in [1.165, 1.54) is 36.7 Å². The first kappa shape index (κ1) is 17.3. The number of benzene rings is 1. The molecule has 8 heteroatoms. The molecular formula is C18H14FN3O4. The minimum Gasteiger partial charge on any atom is -0.455 e. The monoisotopic (exact) mass is 355 g/mol. The number of esters is 1. The fourth-order valence-corrected chi connectivity index (χ4v) is 2.09. The summed E-state index contributed by atoms with van der Waals surface area (Å²) < 4.78 is 23.1. The molecule has 0 bridgehead atoms. The van der Waals surface area contributed by atoms with Gasteiger partial charge in [0.15, 0.2) is 6.61 Å². The Hall–Kier alpha value is -3.55. The Morgan fingerprint density at radius 3 is 2.73 bits per heavy atom. The third-order valence-corrected chi connectivity index (χ3v) is 3.28. The van der Waals surface area contributed by atoms with Crippen LogP contribution in [-0.2, 0) is 20.7 Å². The number of pyridine rings is 1. The van der Waals surface area contributed by atoms with Gasteiger partial charge < -0.3 is 14.5 Å². The summed E-state index contributed by atoms with van der Waals surface area (Å²) in [5.41, 5.74) is 1.44. The molecule has 26 heavy (non-hydrogen) atoms. The van der Waals surface area contributed by atoms with Crippen molar-refractivity contribution < 1.29 is 23.1 Å². The van der Waals surface area contributed by atoms with Gasteiger partial charge in [0.05, 0.1) is 24.0 Å². The number of ether oxygens (including phenoxy) is 1. The van der Waals surface area contributed by atoms with Gasteiger partial charge in [0.1, 0.15) is 12.1 Å². The van der Waals surface area contributed by atoms with E-state index in [4.69, 9.17) is 9.15 Å². The predicted molar refractivity (Wildman–Crippen MR) is 89.4 cm³/mol. The molecule has 7 nitrogen and oxygen atoms in total. The number of carbonyl (C=O) groups excluding carboxylic acids is 2. The summed E-state index contributed by atoms with van der Waals surface area (Å²) in [4.78, 5) is 31.5. The number of carbonyl (C=O) groups is 2. The molecule has 2 heterocycles. The summed E-state index contributed by atoms with van der Waals surface area (Å²) in [6, 6.07) is 8.95. The number of amides is 1.